The van der Waals surface area contributed by atoms with Crippen molar-refractivity contribution in [1.29, 1.82) is 5.26 Å². The highest BCUT2D eigenvalue weighted by Gasteiger charge is 2.30. The zero-order chi connectivity index (χ0) is 21.2. The Bertz CT molecular complexity index is 1300. The first-order valence-electron chi connectivity index (χ1n) is 10.2. The number of aromatic nitrogens is 4. The largest absolute Gasteiger partial charge is 0.360 e. The van der Waals surface area contributed by atoms with Gasteiger partial charge in [-0.25, -0.2) is 0 Å². The van der Waals surface area contributed by atoms with Gasteiger partial charge < -0.3 is 10.3 Å². The van der Waals surface area contributed by atoms with Crippen molar-refractivity contribution in [2.45, 2.75) is 30.5 Å². The molecular weight excluding hydrogens is 408 g/mol. The third kappa shape index (κ3) is 3.92. The molecule has 0 spiro atoms. The summed E-state index contributed by atoms with van der Waals surface area (Å²) in [4.78, 5) is 15.7. The summed E-state index contributed by atoms with van der Waals surface area (Å²) in [6.07, 6.45) is 4.55. The standard InChI is InChI=1S/C23H20N6OS/c24-13-15-5-1-3-7-19(15)26-21(30)11-12-31-23-28-27-22(29(23)16-9-10-16)18-14-25-20-8-4-2-6-17(18)20/h1-8,14,16,25H,9-12H2,(H,26,30). The van der Waals surface area contributed by atoms with Crippen molar-refractivity contribution in [1.82, 2.24) is 19.7 Å². The topological polar surface area (TPSA) is 99.4 Å². The third-order valence-corrected chi connectivity index (χ3v) is 6.23. The smallest absolute Gasteiger partial charge is 0.225 e. The molecule has 1 aliphatic carbocycles. The minimum Gasteiger partial charge on any atom is -0.360 e. The molecular formula is C23H20N6OS. The first kappa shape index (κ1) is 19.4. The van der Waals surface area contributed by atoms with Crippen LogP contribution in [0.4, 0.5) is 5.69 Å². The summed E-state index contributed by atoms with van der Waals surface area (Å²) in [5.74, 6) is 1.33. The molecule has 0 atom stereocenters. The first-order chi connectivity index (χ1) is 15.2. The van der Waals surface area contributed by atoms with Crippen LogP contribution in [0.1, 0.15) is 30.9 Å². The zero-order valence-electron chi connectivity index (χ0n) is 16.7. The second-order valence-electron chi connectivity index (χ2n) is 7.46. The number of hydrogen-bond donors (Lipinski definition) is 2. The van der Waals surface area contributed by atoms with E-state index in [4.69, 9.17) is 5.26 Å². The lowest BCUT2D eigenvalue weighted by Gasteiger charge is -2.09. The first-order valence-corrected chi connectivity index (χ1v) is 11.2. The summed E-state index contributed by atoms with van der Waals surface area (Å²) in [6.45, 7) is 0. The van der Waals surface area contributed by atoms with Crippen LogP contribution in [-0.4, -0.2) is 31.4 Å². The predicted molar refractivity (Wildman–Crippen MR) is 121 cm³/mol. The SMILES string of the molecule is N#Cc1ccccc1NC(=O)CCSc1nnc(-c2c[nH]c3ccccc23)n1C1CC1. The van der Waals surface area contributed by atoms with E-state index in [1.165, 1.54) is 0 Å². The predicted octanol–water partition coefficient (Wildman–Crippen LogP) is 4.75. The van der Waals surface area contributed by atoms with E-state index in [1.54, 1.807) is 36.0 Å². The summed E-state index contributed by atoms with van der Waals surface area (Å²) in [5.41, 5.74) is 3.13. The van der Waals surface area contributed by atoms with E-state index in [2.05, 4.69) is 43.3 Å². The lowest BCUT2D eigenvalue weighted by Crippen LogP contribution is -2.13. The highest BCUT2D eigenvalue weighted by Crippen LogP contribution is 2.42. The Labute approximate surface area is 183 Å². The van der Waals surface area contributed by atoms with Crippen molar-refractivity contribution in [3.05, 3.63) is 60.3 Å². The zero-order valence-corrected chi connectivity index (χ0v) is 17.5. The van der Waals surface area contributed by atoms with Crippen molar-refractivity contribution in [3.8, 4) is 17.5 Å². The van der Waals surface area contributed by atoms with E-state index in [1.807, 2.05) is 18.3 Å². The monoisotopic (exact) mass is 428 g/mol. The van der Waals surface area contributed by atoms with Crippen molar-refractivity contribution in [2.24, 2.45) is 0 Å². The van der Waals surface area contributed by atoms with Gasteiger partial charge in [-0.15, -0.1) is 10.2 Å². The van der Waals surface area contributed by atoms with Gasteiger partial charge in [-0.2, -0.15) is 5.26 Å². The van der Waals surface area contributed by atoms with E-state index in [9.17, 15) is 4.79 Å². The fourth-order valence-electron chi connectivity index (χ4n) is 3.61. The molecule has 31 heavy (non-hydrogen) atoms. The molecule has 0 unspecified atom stereocenters. The minimum atomic E-state index is -0.121. The number of rotatable bonds is 7. The number of nitrogens with zero attached hydrogens (tertiary/aromatic N) is 4. The molecule has 154 valence electrons. The fourth-order valence-corrected chi connectivity index (χ4v) is 4.56. The Morgan fingerprint density at radius 3 is 2.84 bits per heavy atom. The molecule has 0 saturated heterocycles. The van der Waals surface area contributed by atoms with E-state index in [-0.39, 0.29) is 5.91 Å². The number of nitrogens with one attached hydrogen (secondary N) is 2. The number of para-hydroxylation sites is 2. The van der Waals surface area contributed by atoms with Gasteiger partial charge in [0, 0.05) is 40.9 Å². The second kappa shape index (κ2) is 8.28. The number of aromatic amines is 1. The number of H-pyrrole nitrogens is 1. The van der Waals surface area contributed by atoms with Gasteiger partial charge >= 0.3 is 0 Å². The number of amides is 1. The molecule has 4 aromatic rings. The van der Waals surface area contributed by atoms with Crippen LogP contribution >= 0.6 is 11.8 Å². The molecule has 1 saturated carbocycles. The number of fused-ring (bicyclic) bond motifs is 1. The average Bonchev–Trinajstić information content (AvgIpc) is 3.40. The average molecular weight is 429 g/mol. The van der Waals surface area contributed by atoms with Crippen LogP contribution in [-0.2, 0) is 4.79 Å². The summed E-state index contributed by atoms with van der Waals surface area (Å²) in [7, 11) is 0. The maximum absolute atomic E-state index is 12.4. The summed E-state index contributed by atoms with van der Waals surface area (Å²) >= 11 is 1.54. The van der Waals surface area contributed by atoms with Gasteiger partial charge in [0.1, 0.15) is 6.07 Å². The molecule has 1 amide bonds. The second-order valence-corrected chi connectivity index (χ2v) is 8.52. The normalized spacial score (nSPS) is 13.3. The molecule has 2 aromatic carbocycles. The Kier molecular flexibility index (Phi) is 5.18. The Morgan fingerprint density at radius 1 is 1.19 bits per heavy atom. The van der Waals surface area contributed by atoms with Gasteiger partial charge in [0.05, 0.1) is 11.3 Å². The molecule has 0 radical (unpaired) electrons. The molecule has 2 heterocycles. The number of thioether (sulfide) groups is 1. The minimum absolute atomic E-state index is 0.121. The van der Waals surface area contributed by atoms with E-state index < -0.39 is 0 Å². The van der Waals surface area contributed by atoms with Crippen molar-refractivity contribution >= 4 is 34.3 Å². The van der Waals surface area contributed by atoms with Crippen LogP contribution in [0, 0.1) is 11.3 Å². The molecule has 0 aliphatic heterocycles. The van der Waals surface area contributed by atoms with Gasteiger partial charge in [0.25, 0.3) is 0 Å². The van der Waals surface area contributed by atoms with Crippen molar-refractivity contribution < 1.29 is 4.79 Å². The maximum Gasteiger partial charge on any atom is 0.225 e. The van der Waals surface area contributed by atoms with Gasteiger partial charge in [-0.1, -0.05) is 42.1 Å². The van der Waals surface area contributed by atoms with Crippen molar-refractivity contribution in [3.63, 3.8) is 0 Å². The summed E-state index contributed by atoms with van der Waals surface area (Å²) in [5, 5.41) is 22.9. The molecule has 2 N–H and O–H groups in total. The Hall–Kier alpha value is -3.57. The maximum atomic E-state index is 12.4. The van der Waals surface area contributed by atoms with Gasteiger partial charge in [-0.05, 0) is 31.0 Å². The van der Waals surface area contributed by atoms with E-state index in [0.717, 1.165) is 40.3 Å². The lowest BCUT2D eigenvalue weighted by molar-refractivity contribution is -0.115. The third-order valence-electron chi connectivity index (χ3n) is 5.29. The molecule has 1 fully saturated rings. The van der Waals surface area contributed by atoms with Crippen LogP contribution < -0.4 is 5.32 Å². The van der Waals surface area contributed by atoms with Crippen LogP contribution in [0.25, 0.3) is 22.3 Å². The van der Waals surface area contributed by atoms with Crippen LogP contribution in [0.15, 0.2) is 59.9 Å². The number of anilines is 1. The highest BCUT2D eigenvalue weighted by atomic mass is 32.2. The fraction of sp³-hybridized carbons (Fsp3) is 0.217. The van der Waals surface area contributed by atoms with Gasteiger partial charge in [0.15, 0.2) is 11.0 Å². The molecule has 2 aromatic heterocycles. The van der Waals surface area contributed by atoms with Crippen LogP contribution in [0.2, 0.25) is 0 Å². The van der Waals surface area contributed by atoms with E-state index in [0.29, 0.717) is 29.5 Å². The molecule has 5 rings (SSSR count). The van der Waals surface area contributed by atoms with Crippen LogP contribution in [0.5, 0.6) is 0 Å². The van der Waals surface area contributed by atoms with Gasteiger partial charge in [-0.3, -0.25) is 9.36 Å². The number of hydrogen-bond acceptors (Lipinski definition) is 5. The lowest BCUT2D eigenvalue weighted by atomic mass is 10.1. The number of benzene rings is 2. The molecule has 7 nitrogen and oxygen atoms in total. The summed E-state index contributed by atoms with van der Waals surface area (Å²) in [6, 6.07) is 17.7. The quantitative estimate of drug-likeness (QED) is 0.414. The van der Waals surface area contributed by atoms with Crippen molar-refractivity contribution in [2.75, 3.05) is 11.1 Å². The molecule has 8 heteroatoms. The van der Waals surface area contributed by atoms with Crippen LogP contribution in [0.3, 0.4) is 0 Å². The van der Waals surface area contributed by atoms with E-state index >= 15 is 0 Å². The Balaban J connectivity index is 1.30. The highest BCUT2D eigenvalue weighted by molar-refractivity contribution is 7.99. The Morgan fingerprint density at radius 2 is 2.00 bits per heavy atom. The number of carbonyl (C=O) groups excluding carboxylic acids is 1. The summed E-state index contributed by atoms with van der Waals surface area (Å²) < 4.78 is 2.21. The van der Waals surface area contributed by atoms with Gasteiger partial charge in [0.2, 0.25) is 5.91 Å². The molecule has 1 aliphatic rings. The number of carbonyl (C=O) groups is 1. The molecule has 0 bridgehead atoms. The number of nitriles is 1.